The molecule has 0 aliphatic carbocycles. The van der Waals surface area contributed by atoms with E-state index in [2.05, 4.69) is 11.4 Å². The van der Waals surface area contributed by atoms with Gasteiger partial charge in [0.05, 0.1) is 0 Å². The van der Waals surface area contributed by atoms with Crippen molar-refractivity contribution in [2.75, 3.05) is 5.32 Å². The van der Waals surface area contributed by atoms with Crippen molar-refractivity contribution in [2.24, 2.45) is 0 Å². The van der Waals surface area contributed by atoms with Crippen LogP contribution < -0.4 is 5.32 Å². The minimum atomic E-state index is -0.631. The molecular formula is C18H19NO2. The molecule has 0 spiro atoms. The van der Waals surface area contributed by atoms with E-state index in [-0.39, 0.29) is 5.91 Å². The van der Waals surface area contributed by atoms with Crippen molar-refractivity contribution in [1.29, 1.82) is 0 Å². The zero-order valence-electron chi connectivity index (χ0n) is 12.3. The Bertz CT molecular complexity index is 706. The number of anilines is 1. The predicted octanol–water partition coefficient (Wildman–Crippen LogP) is 3.27. The third-order valence-corrected chi connectivity index (χ3v) is 4.06. The van der Waals surface area contributed by atoms with Crippen molar-refractivity contribution in [1.82, 2.24) is 0 Å². The number of carbonyl (C=O) groups is 1. The number of nitrogens with one attached hydrogen (secondary N) is 1. The smallest absolute Gasteiger partial charge is 0.224 e. The first kappa shape index (κ1) is 13.8. The molecule has 0 saturated carbocycles. The van der Waals surface area contributed by atoms with Crippen molar-refractivity contribution in [3.8, 4) is 0 Å². The van der Waals surface area contributed by atoms with Crippen LogP contribution in [-0.2, 0) is 11.2 Å². The zero-order valence-corrected chi connectivity index (χ0v) is 12.3. The molecule has 1 heterocycles. The van der Waals surface area contributed by atoms with E-state index in [1.165, 1.54) is 5.56 Å². The third kappa shape index (κ3) is 2.69. The molecule has 3 heteroatoms. The standard InChI is InChI=1S/C18H19NO2/c1-11-3-6-15(12(2)9-11)18(21)14-4-7-16-13(10-14)5-8-17(20)19-16/h3-4,6-7,9-10,18,21H,5,8H2,1-2H3,(H,19,20). The number of aliphatic hydroxyl groups is 1. The highest BCUT2D eigenvalue weighted by molar-refractivity contribution is 5.93. The van der Waals surface area contributed by atoms with Gasteiger partial charge in [-0.3, -0.25) is 4.79 Å². The minimum absolute atomic E-state index is 0.0603. The lowest BCUT2D eigenvalue weighted by Crippen LogP contribution is -2.19. The monoisotopic (exact) mass is 281 g/mol. The van der Waals surface area contributed by atoms with Gasteiger partial charge in [-0.2, -0.15) is 0 Å². The first-order valence-electron chi connectivity index (χ1n) is 7.22. The summed E-state index contributed by atoms with van der Waals surface area (Å²) in [6, 6.07) is 11.8. The Hall–Kier alpha value is -2.13. The predicted molar refractivity (Wildman–Crippen MR) is 83.4 cm³/mol. The quantitative estimate of drug-likeness (QED) is 0.887. The minimum Gasteiger partial charge on any atom is -0.384 e. The highest BCUT2D eigenvalue weighted by Crippen LogP contribution is 2.30. The first-order valence-corrected chi connectivity index (χ1v) is 7.22. The second-order valence-corrected chi connectivity index (χ2v) is 5.73. The van der Waals surface area contributed by atoms with Gasteiger partial charge in [0.25, 0.3) is 0 Å². The molecule has 1 aliphatic rings. The molecule has 3 rings (SSSR count). The fourth-order valence-corrected chi connectivity index (χ4v) is 2.89. The van der Waals surface area contributed by atoms with Gasteiger partial charge in [0, 0.05) is 12.1 Å². The summed E-state index contributed by atoms with van der Waals surface area (Å²) in [7, 11) is 0. The molecule has 2 N–H and O–H groups in total. The number of hydrogen-bond acceptors (Lipinski definition) is 2. The number of fused-ring (bicyclic) bond motifs is 1. The second kappa shape index (κ2) is 5.34. The van der Waals surface area contributed by atoms with Gasteiger partial charge >= 0.3 is 0 Å². The van der Waals surface area contributed by atoms with Crippen LogP contribution >= 0.6 is 0 Å². The molecule has 2 aromatic carbocycles. The van der Waals surface area contributed by atoms with Crippen LogP contribution in [0, 0.1) is 13.8 Å². The van der Waals surface area contributed by atoms with Gasteiger partial charge in [-0.05, 0) is 48.6 Å². The topological polar surface area (TPSA) is 49.3 Å². The number of hydrogen-bond donors (Lipinski definition) is 2. The van der Waals surface area contributed by atoms with Gasteiger partial charge in [-0.1, -0.05) is 35.9 Å². The lowest BCUT2D eigenvalue weighted by Gasteiger charge is -2.20. The number of amides is 1. The molecule has 3 nitrogen and oxygen atoms in total. The summed E-state index contributed by atoms with van der Waals surface area (Å²) >= 11 is 0. The van der Waals surface area contributed by atoms with Gasteiger partial charge in [-0.15, -0.1) is 0 Å². The fraction of sp³-hybridized carbons (Fsp3) is 0.278. The largest absolute Gasteiger partial charge is 0.384 e. The lowest BCUT2D eigenvalue weighted by atomic mass is 9.93. The van der Waals surface area contributed by atoms with Crippen molar-refractivity contribution in [2.45, 2.75) is 32.8 Å². The summed E-state index contributed by atoms with van der Waals surface area (Å²) in [4.78, 5) is 11.4. The number of aliphatic hydroxyl groups excluding tert-OH is 1. The second-order valence-electron chi connectivity index (χ2n) is 5.73. The molecule has 1 aliphatic heterocycles. The van der Waals surface area contributed by atoms with Crippen molar-refractivity contribution in [3.05, 3.63) is 64.2 Å². The lowest BCUT2D eigenvalue weighted by molar-refractivity contribution is -0.116. The summed E-state index contributed by atoms with van der Waals surface area (Å²) in [5.41, 5.74) is 6.04. The molecule has 108 valence electrons. The molecule has 0 saturated heterocycles. The summed E-state index contributed by atoms with van der Waals surface area (Å²) < 4.78 is 0. The maximum Gasteiger partial charge on any atom is 0.224 e. The highest BCUT2D eigenvalue weighted by atomic mass is 16.3. The number of carbonyl (C=O) groups excluding carboxylic acids is 1. The molecule has 2 aromatic rings. The van der Waals surface area contributed by atoms with Crippen LogP contribution in [0.25, 0.3) is 0 Å². The molecule has 0 bridgehead atoms. The Kier molecular flexibility index (Phi) is 3.52. The molecule has 0 aromatic heterocycles. The SMILES string of the molecule is Cc1ccc(C(O)c2ccc3c(c2)CCC(=O)N3)c(C)c1. The van der Waals surface area contributed by atoms with E-state index in [1.807, 2.05) is 44.2 Å². The van der Waals surface area contributed by atoms with Crippen LogP contribution in [0.3, 0.4) is 0 Å². The van der Waals surface area contributed by atoms with Crippen LogP contribution in [0.1, 0.15) is 40.3 Å². The molecule has 0 fully saturated rings. The number of benzene rings is 2. The Morgan fingerprint density at radius 3 is 2.67 bits per heavy atom. The molecule has 1 atom stereocenters. The molecule has 1 unspecified atom stereocenters. The summed E-state index contributed by atoms with van der Waals surface area (Å²) in [6.45, 7) is 4.06. The average Bonchev–Trinajstić information content (AvgIpc) is 2.46. The Morgan fingerprint density at radius 1 is 1.10 bits per heavy atom. The zero-order chi connectivity index (χ0) is 15.0. The Labute approximate surface area is 124 Å². The van der Waals surface area contributed by atoms with Gasteiger partial charge in [0.1, 0.15) is 6.10 Å². The van der Waals surface area contributed by atoms with Crippen molar-refractivity contribution >= 4 is 11.6 Å². The molecule has 1 amide bonds. The maximum absolute atomic E-state index is 11.4. The van der Waals surface area contributed by atoms with E-state index < -0.39 is 6.10 Å². The van der Waals surface area contributed by atoms with Crippen molar-refractivity contribution in [3.63, 3.8) is 0 Å². The van der Waals surface area contributed by atoms with E-state index in [0.29, 0.717) is 6.42 Å². The van der Waals surface area contributed by atoms with Crippen LogP contribution in [0.4, 0.5) is 5.69 Å². The van der Waals surface area contributed by atoms with Crippen LogP contribution in [0.5, 0.6) is 0 Å². The number of rotatable bonds is 2. The van der Waals surface area contributed by atoms with E-state index >= 15 is 0 Å². The van der Waals surface area contributed by atoms with Gasteiger partial charge < -0.3 is 10.4 Å². The summed E-state index contributed by atoms with van der Waals surface area (Å²) in [5, 5.41) is 13.5. The van der Waals surface area contributed by atoms with Crippen LogP contribution in [0.15, 0.2) is 36.4 Å². The average molecular weight is 281 g/mol. The van der Waals surface area contributed by atoms with E-state index in [1.54, 1.807) is 0 Å². The third-order valence-electron chi connectivity index (χ3n) is 4.06. The Morgan fingerprint density at radius 2 is 1.90 bits per heavy atom. The summed E-state index contributed by atoms with van der Waals surface area (Å²) in [6.07, 6.45) is 0.610. The molecular weight excluding hydrogens is 262 g/mol. The molecule has 0 radical (unpaired) electrons. The van der Waals surface area contributed by atoms with Gasteiger partial charge in [0.2, 0.25) is 5.91 Å². The fourth-order valence-electron chi connectivity index (χ4n) is 2.89. The van der Waals surface area contributed by atoms with Crippen LogP contribution in [-0.4, -0.2) is 11.0 Å². The number of aryl methyl sites for hydroxylation is 3. The highest BCUT2D eigenvalue weighted by Gasteiger charge is 2.18. The van der Waals surface area contributed by atoms with Crippen molar-refractivity contribution < 1.29 is 9.90 Å². The van der Waals surface area contributed by atoms with E-state index in [4.69, 9.17) is 0 Å². The normalized spacial score (nSPS) is 15.3. The Balaban J connectivity index is 1.95. The maximum atomic E-state index is 11.4. The van der Waals surface area contributed by atoms with Gasteiger partial charge in [-0.25, -0.2) is 0 Å². The summed E-state index contributed by atoms with van der Waals surface area (Å²) in [5.74, 6) is 0.0603. The van der Waals surface area contributed by atoms with Crippen LogP contribution in [0.2, 0.25) is 0 Å². The molecule has 21 heavy (non-hydrogen) atoms. The van der Waals surface area contributed by atoms with E-state index in [0.717, 1.165) is 34.4 Å². The van der Waals surface area contributed by atoms with E-state index in [9.17, 15) is 9.90 Å². The first-order chi connectivity index (χ1) is 10.0. The van der Waals surface area contributed by atoms with Gasteiger partial charge in [0.15, 0.2) is 0 Å².